The molecule has 0 fully saturated rings. The molecule has 0 aromatic rings. The molecule has 4 atom stereocenters. The maximum atomic E-state index is 9.47. The van der Waals surface area contributed by atoms with Crippen molar-refractivity contribution >= 4 is 0 Å². The Bertz CT molecular complexity index is 124. The molecule has 0 aliphatic carbocycles. The Labute approximate surface area is 79.9 Å². The van der Waals surface area contributed by atoms with Gasteiger partial charge in [-0.3, -0.25) is 0 Å². The van der Waals surface area contributed by atoms with Crippen LogP contribution in [0.3, 0.4) is 0 Å². The summed E-state index contributed by atoms with van der Waals surface area (Å²) in [6.07, 6.45) is -4.17. The minimum atomic E-state index is -1.04. The monoisotopic (exact) mass is 195 g/mol. The van der Waals surface area contributed by atoms with Crippen LogP contribution < -0.4 is 0 Å². The summed E-state index contributed by atoms with van der Waals surface area (Å²) in [4.78, 5) is 0. The van der Waals surface area contributed by atoms with Crippen molar-refractivity contribution in [1.29, 1.82) is 0 Å². The molecule has 0 radical (unpaired) electrons. The number of nitrogens with zero attached hydrogens (tertiary/aromatic N) is 1. The molecule has 0 aromatic heterocycles. The van der Waals surface area contributed by atoms with E-state index in [0.29, 0.717) is 0 Å². The third-order valence-corrected chi connectivity index (χ3v) is 2.59. The van der Waals surface area contributed by atoms with Gasteiger partial charge < -0.3 is 21.9 Å². The first-order valence-corrected chi connectivity index (χ1v) is 4.37. The van der Waals surface area contributed by atoms with Crippen molar-refractivity contribution in [2.75, 3.05) is 0 Å². The molecular weight excluding hydrogens is 174 g/mol. The Kier molecular flexibility index (Phi) is 4.28. The van der Waals surface area contributed by atoms with Gasteiger partial charge in [0.2, 0.25) is 0 Å². The van der Waals surface area contributed by atoms with E-state index < -0.39 is 29.4 Å². The number of aliphatic hydroxyl groups is 4. The Morgan fingerprint density at radius 1 is 0.692 bits per heavy atom. The fourth-order valence-electron chi connectivity index (χ4n) is 1.87. The molecule has 0 aliphatic rings. The molecule has 0 amide bonds. The topological polar surface area (TPSA) is 80.9 Å². The van der Waals surface area contributed by atoms with Crippen molar-refractivity contribution in [1.82, 2.24) is 0 Å². The van der Waals surface area contributed by atoms with Gasteiger partial charge in [0.05, 0.1) is 0 Å². The van der Waals surface area contributed by atoms with Gasteiger partial charge in [-0.2, -0.15) is 0 Å². The van der Waals surface area contributed by atoms with Crippen LogP contribution in [0.4, 0.5) is 0 Å². The van der Waals surface area contributed by atoms with Gasteiger partial charge in [-0.1, -0.05) is 0 Å². The molecule has 0 aliphatic heterocycles. The van der Waals surface area contributed by atoms with Gasteiger partial charge >= 0.3 is 0 Å². The number of quaternary nitrogens is 1. The van der Waals surface area contributed by atoms with Crippen LogP contribution in [0.25, 0.3) is 0 Å². The molecule has 5 heteroatoms. The number of hydrogen-bond acceptors (Lipinski definition) is 4. The largest absolute Gasteiger partial charge is 1.00 e. The predicted octanol–water partition coefficient (Wildman–Crippen LogP) is -0.731. The summed E-state index contributed by atoms with van der Waals surface area (Å²) in [5.41, 5.74) is 0. The lowest BCUT2D eigenvalue weighted by atomic mass is 10.2. The summed E-state index contributed by atoms with van der Waals surface area (Å²) in [5.74, 6) is 0. The van der Waals surface area contributed by atoms with Crippen molar-refractivity contribution < 1.29 is 26.3 Å². The second-order valence-corrected chi connectivity index (χ2v) is 3.42. The zero-order valence-electron chi connectivity index (χ0n) is 9.55. The quantitative estimate of drug-likeness (QED) is 0.352. The number of hydrogen-bond donors (Lipinski definition) is 4. The van der Waals surface area contributed by atoms with E-state index in [1.165, 1.54) is 27.7 Å². The standard InChI is InChI=1S/C8H20NO4.H/c1-5(10)9(6(2)11,7(3)12)8(4)13;/h5-8,10-13H,1-4H3;/q+1;-1. The van der Waals surface area contributed by atoms with E-state index in [9.17, 15) is 20.4 Å². The first kappa shape index (κ1) is 12.8. The van der Waals surface area contributed by atoms with Crippen LogP contribution in [0.1, 0.15) is 29.1 Å². The molecule has 4 N–H and O–H groups in total. The average molecular weight is 195 g/mol. The molecular formula is C8H21NO4. The first-order valence-electron chi connectivity index (χ1n) is 4.37. The van der Waals surface area contributed by atoms with Gasteiger partial charge in [-0.25, -0.2) is 4.48 Å². The predicted molar refractivity (Wildman–Crippen MR) is 48.1 cm³/mol. The first-order chi connectivity index (χ1) is 5.77. The second kappa shape index (κ2) is 4.34. The van der Waals surface area contributed by atoms with E-state index in [1.54, 1.807) is 0 Å². The summed E-state index contributed by atoms with van der Waals surface area (Å²) in [5, 5.41) is 37.9. The third-order valence-electron chi connectivity index (χ3n) is 2.59. The Morgan fingerprint density at radius 2 is 0.846 bits per heavy atom. The molecule has 0 rings (SSSR count). The Balaban J connectivity index is 0. The normalized spacial score (nSPS) is 25.8. The van der Waals surface area contributed by atoms with Crippen LogP contribution in [0.2, 0.25) is 0 Å². The molecule has 0 saturated heterocycles. The van der Waals surface area contributed by atoms with Gasteiger partial charge in [0.25, 0.3) is 0 Å². The highest BCUT2D eigenvalue weighted by Gasteiger charge is 2.46. The Hall–Kier alpha value is -0.200. The summed E-state index contributed by atoms with van der Waals surface area (Å²) in [7, 11) is 0. The molecule has 0 heterocycles. The summed E-state index contributed by atoms with van der Waals surface area (Å²) in [6.45, 7) is 5.69. The fourth-order valence-corrected chi connectivity index (χ4v) is 1.87. The lowest BCUT2D eigenvalue weighted by Crippen LogP contribution is -2.68. The summed E-state index contributed by atoms with van der Waals surface area (Å²) < 4.78 is -0.556. The van der Waals surface area contributed by atoms with Crippen LogP contribution in [0, 0.1) is 0 Å². The molecule has 0 saturated carbocycles. The van der Waals surface area contributed by atoms with Crippen molar-refractivity contribution in [3.05, 3.63) is 0 Å². The molecule has 0 bridgehead atoms. The maximum Gasteiger partial charge on any atom is 0.193 e. The van der Waals surface area contributed by atoms with Crippen LogP contribution in [-0.4, -0.2) is 49.8 Å². The maximum absolute atomic E-state index is 9.47. The van der Waals surface area contributed by atoms with E-state index in [2.05, 4.69) is 0 Å². The average Bonchev–Trinajstić information content (AvgIpc) is 1.82. The summed E-state index contributed by atoms with van der Waals surface area (Å²) >= 11 is 0. The van der Waals surface area contributed by atoms with E-state index in [0.717, 1.165) is 0 Å². The number of aliphatic hydroxyl groups excluding tert-OH is 4. The molecule has 4 unspecified atom stereocenters. The zero-order valence-corrected chi connectivity index (χ0v) is 8.55. The number of rotatable bonds is 4. The van der Waals surface area contributed by atoms with E-state index in [4.69, 9.17) is 0 Å². The minimum Gasteiger partial charge on any atom is -1.00 e. The van der Waals surface area contributed by atoms with Crippen molar-refractivity contribution in [3.8, 4) is 0 Å². The van der Waals surface area contributed by atoms with Gasteiger partial charge in [-0.05, 0) is 0 Å². The van der Waals surface area contributed by atoms with Gasteiger partial charge in [0.1, 0.15) is 0 Å². The third kappa shape index (κ3) is 2.00. The molecule has 0 aromatic carbocycles. The van der Waals surface area contributed by atoms with Crippen LogP contribution >= 0.6 is 0 Å². The molecule has 13 heavy (non-hydrogen) atoms. The van der Waals surface area contributed by atoms with E-state index in [-0.39, 0.29) is 1.43 Å². The molecule has 5 nitrogen and oxygen atoms in total. The fraction of sp³-hybridized carbons (Fsp3) is 1.00. The van der Waals surface area contributed by atoms with Crippen molar-refractivity contribution in [3.63, 3.8) is 0 Å². The molecule has 0 spiro atoms. The highest BCUT2D eigenvalue weighted by molar-refractivity contribution is 4.47. The van der Waals surface area contributed by atoms with E-state index in [1.807, 2.05) is 0 Å². The van der Waals surface area contributed by atoms with Crippen LogP contribution in [0.15, 0.2) is 0 Å². The van der Waals surface area contributed by atoms with Gasteiger partial charge in [-0.15, -0.1) is 0 Å². The van der Waals surface area contributed by atoms with Crippen molar-refractivity contribution in [2.45, 2.75) is 52.6 Å². The van der Waals surface area contributed by atoms with Crippen LogP contribution in [-0.2, 0) is 0 Å². The lowest BCUT2D eigenvalue weighted by Gasteiger charge is -2.46. The van der Waals surface area contributed by atoms with Gasteiger partial charge in [0, 0.05) is 27.7 Å². The van der Waals surface area contributed by atoms with Gasteiger partial charge in [0.15, 0.2) is 24.9 Å². The minimum absolute atomic E-state index is 0. The highest BCUT2D eigenvalue weighted by atomic mass is 16.4. The molecule has 82 valence electrons. The van der Waals surface area contributed by atoms with Crippen molar-refractivity contribution in [2.24, 2.45) is 0 Å². The Morgan fingerprint density at radius 3 is 0.846 bits per heavy atom. The second-order valence-electron chi connectivity index (χ2n) is 3.42. The highest BCUT2D eigenvalue weighted by Crippen LogP contribution is 2.24. The lowest BCUT2D eigenvalue weighted by molar-refractivity contribution is -1.07. The van der Waals surface area contributed by atoms with E-state index >= 15 is 0 Å². The summed E-state index contributed by atoms with van der Waals surface area (Å²) in [6, 6.07) is 0. The van der Waals surface area contributed by atoms with Crippen LogP contribution in [0.5, 0.6) is 0 Å². The SMILES string of the molecule is CC(O)[N+](C(C)O)(C(C)O)C(C)O.[H-]. The smallest absolute Gasteiger partial charge is 0.193 e. The zero-order chi connectivity index (χ0) is 10.8.